The van der Waals surface area contributed by atoms with Crippen molar-refractivity contribution in [3.05, 3.63) is 64.9 Å². The Morgan fingerprint density at radius 3 is 2.56 bits per heavy atom. The standard InChI is InChI=1S/C18H17ClN4O2/c1-2-16-20-14-9-5-6-10-15(14)23(16)11-17(24)21-22-18(25)12-7-3-4-8-13(12)19/h3-10H,2,11H2,1H3,(H,21,24)(H,22,25). The van der Waals surface area contributed by atoms with E-state index in [2.05, 4.69) is 15.8 Å². The Kier molecular flexibility index (Phi) is 5.00. The number of hydrogen-bond acceptors (Lipinski definition) is 3. The number of nitrogens with one attached hydrogen (secondary N) is 2. The summed E-state index contributed by atoms with van der Waals surface area (Å²) in [6.45, 7) is 2.04. The van der Waals surface area contributed by atoms with E-state index in [0.29, 0.717) is 17.0 Å². The van der Waals surface area contributed by atoms with E-state index in [1.807, 2.05) is 35.8 Å². The number of nitrogens with zero attached hydrogens (tertiary/aromatic N) is 2. The zero-order valence-electron chi connectivity index (χ0n) is 13.6. The van der Waals surface area contributed by atoms with Gasteiger partial charge >= 0.3 is 0 Å². The topological polar surface area (TPSA) is 76.0 Å². The number of fused-ring (bicyclic) bond motifs is 1. The zero-order chi connectivity index (χ0) is 17.8. The second-order valence-electron chi connectivity index (χ2n) is 5.44. The highest BCUT2D eigenvalue weighted by atomic mass is 35.5. The first-order valence-electron chi connectivity index (χ1n) is 7.88. The van der Waals surface area contributed by atoms with E-state index < -0.39 is 5.91 Å². The summed E-state index contributed by atoms with van der Waals surface area (Å²) in [5.74, 6) is -0.00260. The van der Waals surface area contributed by atoms with Crippen LogP contribution in [0.2, 0.25) is 5.02 Å². The van der Waals surface area contributed by atoms with E-state index in [4.69, 9.17) is 11.6 Å². The predicted molar refractivity (Wildman–Crippen MR) is 96.2 cm³/mol. The third-order valence-electron chi connectivity index (χ3n) is 3.79. The number of amides is 2. The van der Waals surface area contributed by atoms with Gasteiger partial charge in [0.05, 0.1) is 21.6 Å². The van der Waals surface area contributed by atoms with Crippen LogP contribution in [0.15, 0.2) is 48.5 Å². The summed E-state index contributed by atoms with van der Waals surface area (Å²) in [5.41, 5.74) is 6.82. The summed E-state index contributed by atoms with van der Waals surface area (Å²) in [5, 5.41) is 0.322. The Bertz CT molecular complexity index is 936. The van der Waals surface area contributed by atoms with E-state index in [1.54, 1.807) is 24.3 Å². The molecule has 25 heavy (non-hydrogen) atoms. The van der Waals surface area contributed by atoms with E-state index in [0.717, 1.165) is 16.9 Å². The van der Waals surface area contributed by atoms with Crippen LogP contribution in [-0.2, 0) is 17.8 Å². The minimum absolute atomic E-state index is 0.0620. The number of benzene rings is 2. The molecule has 0 unspecified atom stereocenters. The Morgan fingerprint density at radius 1 is 1.08 bits per heavy atom. The van der Waals surface area contributed by atoms with Crippen LogP contribution in [0.25, 0.3) is 11.0 Å². The van der Waals surface area contributed by atoms with Gasteiger partial charge in [-0.25, -0.2) is 4.98 Å². The van der Waals surface area contributed by atoms with Crippen molar-refractivity contribution in [3.8, 4) is 0 Å². The number of carbonyl (C=O) groups excluding carboxylic acids is 2. The van der Waals surface area contributed by atoms with E-state index in [1.165, 1.54) is 0 Å². The lowest BCUT2D eigenvalue weighted by atomic mass is 10.2. The van der Waals surface area contributed by atoms with Crippen LogP contribution in [0, 0.1) is 0 Å². The van der Waals surface area contributed by atoms with Gasteiger partial charge in [-0.3, -0.25) is 20.4 Å². The van der Waals surface area contributed by atoms with Gasteiger partial charge in [-0.2, -0.15) is 0 Å². The van der Waals surface area contributed by atoms with Gasteiger partial charge in [-0.1, -0.05) is 42.8 Å². The first kappa shape index (κ1) is 17.0. The molecule has 3 aromatic rings. The van der Waals surface area contributed by atoms with Crippen LogP contribution in [0.4, 0.5) is 0 Å². The van der Waals surface area contributed by atoms with Crippen molar-refractivity contribution < 1.29 is 9.59 Å². The maximum absolute atomic E-state index is 12.2. The van der Waals surface area contributed by atoms with Crippen LogP contribution in [0.1, 0.15) is 23.1 Å². The summed E-state index contributed by atoms with van der Waals surface area (Å²) in [4.78, 5) is 28.8. The smallest absolute Gasteiger partial charge is 0.271 e. The van der Waals surface area contributed by atoms with Crippen molar-refractivity contribution >= 4 is 34.4 Å². The Balaban J connectivity index is 1.69. The normalized spacial score (nSPS) is 10.6. The zero-order valence-corrected chi connectivity index (χ0v) is 14.4. The monoisotopic (exact) mass is 356 g/mol. The summed E-state index contributed by atoms with van der Waals surface area (Å²) in [7, 11) is 0. The van der Waals surface area contributed by atoms with Crippen molar-refractivity contribution in [2.75, 3.05) is 0 Å². The molecule has 0 aliphatic heterocycles. The van der Waals surface area contributed by atoms with Crippen LogP contribution in [-0.4, -0.2) is 21.4 Å². The molecular weight excluding hydrogens is 340 g/mol. The van der Waals surface area contributed by atoms with E-state index in [-0.39, 0.29) is 12.5 Å². The molecule has 0 atom stereocenters. The molecule has 0 aliphatic rings. The van der Waals surface area contributed by atoms with Gasteiger partial charge in [0.2, 0.25) is 0 Å². The SMILES string of the molecule is CCc1nc2ccccc2n1CC(=O)NNC(=O)c1ccccc1Cl. The number of para-hydroxylation sites is 2. The molecular formula is C18H17ClN4O2. The van der Waals surface area contributed by atoms with Crippen LogP contribution in [0.5, 0.6) is 0 Å². The molecule has 128 valence electrons. The van der Waals surface area contributed by atoms with Gasteiger partial charge < -0.3 is 4.57 Å². The fraction of sp³-hybridized carbons (Fsp3) is 0.167. The highest BCUT2D eigenvalue weighted by molar-refractivity contribution is 6.33. The second-order valence-corrected chi connectivity index (χ2v) is 5.85. The molecule has 1 aromatic heterocycles. The van der Waals surface area contributed by atoms with Gasteiger partial charge in [0.25, 0.3) is 11.8 Å². The van der Waals surface area contributed by atoms with Crippen molar-refractivity contribution in [2.24, 2.45) is 0 Å². The summed E-state index contributed by atoms with van der Waals surface area (Å²) in [6.07, 6.45) is 0.702. The molecule has 7 heteroatoms. The van der Waals surface area contributed by atoms with E-state index in [9.17, 15) is 9.59 Å². The minimum Gasteiger partial charge on any atom is -0.318 e. The number of halogens is 1. The van der Waals surface area contributed by atoms with Crippen molar-refractivity contribution in [1.82, 2.24) is 20.4 Å². The fourth-order valence-corrected chi connectivity index (χ4v) is 2.82. The lowest BCUT2D eigenvalue weighted by Gasteiger charge is -2.11. The molecule has 2 amide bonds. The first-order valence-corrected chi connectivity index (χ1v) is 8.25. The van der Waals surface area contributed by atoms with Gasteiger partial charge in [0.15, 0.2) is 0 Å². The number of rotatable bonds is 4. The average Bonchev–Trinajstić information content (AvgIpc) is 2.98. The number of aromatic nitrogens is 2. The van der Waals surface area contributed by atoms with Crippen LogP contribution >= 0.6 is 11.6 Å². The number of imidazole rings is 1. The van der Waals surface area contributed by atoms with Gasteiger partial charge in [0.1, 0.15) is 12.4 Å². The highest BCUT2D eigenvalue weighted by Crippen LogP contribution is 2.16. The summed E-state index contributed by atoms with van der Waals surface area (Å²) in [6, 6.07) is 14.3. The second kappa shape index (κ2) is 7.36. The van der Waals surface area contributed by atoms with Crippen LogP contribution < -0.4 is 10.9 Å². The molecule has 3 rings (SSSR count). The first-order chi connectivity index (χ1) is 12.1. The minimum atomic E-state index is -0.467. The number of hydrazine groups is 1. The Hall–Kier alpha value is -2.86. The molecule has 1 heterocycles. The third-order valence-corrected chi connectivity index (χ3v) is 4.12. The molecule has 0 saturated heterocycles. The third kappa shape index (κ3) is 3.64. The highest BCUT2D eigenvalue weighted by Gasteiger charge is 2.14. The maximum Gasteiger partial charge on any atom is 0.271 e. The van der Waals surface area contributed by atoms with Gasteiger partial charge in [-0.05, 0) is 24.3 Å². The fourth-order valence-electron chi connectivity index (χ4n) is 2.59. The maximum atomic E-state index is 12.2. The van der Waals surface area contributed by atoms with Crippen molar-refractivity contribution in [2.45, 2.75) is 19.9 Å². The molecule has 0 aliphatic carbocycles. The molecule has 6 nitrogen and oxygen atoms in total. The number of carbonyl (C=O) groups is 2. The molecule has 2 aromatic carbocycles. The van der Waals surface area contributed by atoms with Gasteiger partial charge in [-0.15, -0.1) is 0 Å². The predicted octanol–water partition coefficient (Wildman–Crippen LogP) is 2.71. The number of aryl methyl sites for hydroxylation is 1. The average molecular weight is 357 g/mol. The molecule has 0 radical (unpaired) electrons. The Morgan fingerprint density at radius 2 is 1.80 bits per heavy atom. The van der Waals surface area contributed by atoms with E-state index >= 15 is 0 Å². The molecule has 2 N–H and O–H groups in total. The molecule has 0 spiro atoms. The molecule has 0 saturated carbocycles. The van der Waals surface area contributed by atoms with Crippen molar-refractivity contribution in [3.63, 3.8) is 0 Å². The van der Waals surface area contributed by atoms with Gasteiger partial charge in [0, 0.05) is 6.42 Å². The quantitative estimate of drug-likeness (QED) is 0.706. The van der Waals surface area contributed by atoms with Crippen LogP contribution in [0.3, 0.4) is 0 Å². The largest absolute Gasteiger partial charge is 0.318 e. The lowest BCUT2D eigenvalue weighted by Crippen LogP contribution is -2.43. The number of hydrogen-bond donors (Lipinski definition) is 2. The lowest BCUT2D eigenvalue weighted by molar-refractivity contribution is -0.122. The van der Waals surface area contributed by atoms with Crippen molar-refractivity contribution in [1.29, 1.82) is 0 Å². The summed E-state index contributed by atoms with van der Waals surface area (Å²) >= 11 is 5.97. The molecule has 0 fully saturated rings. The summed E-state index contributed by atoms with van der Waals surface area (Å²) < 4.78 is 1.84. The Labute approximate surface area is 149 Å². The molecule has 0 bridgehead atoms.